The topological polar surface area (TPSA) is 70.3 Å². The van der Waals surface area contributed by atoms with Crippen LogP contribution in [0.5, 0.6) is 5.75 Å². The van der Waals surface area contributed by atoms with Crippen molar-refractivity contribution in [2.75, 3.05) is 7.11 Å². The van der Waals surface area contributed by atoms with E-state index in [1.54, 1.807) is 7.11 Å². The van der Waals surface area contributed by atoms with E-state index >= 15 is 0 Å². The van der Waals surface area contributed by atoms with E-state index in [1.807, 2.05) is 12.1 Å². The van der Waals surface area contributed by atoms with Gasteiger partial charge >= 0.3 is 0 Å². The Hall–Kier alpha value is -5.91. The predicted molar refractivity (Wildman–Crippen MR) is 185 cm³/mol. The van der Waals surface area contributed by atoms with Crippen LogP contribution in [-0.2, 0) is 0 Å². The van der Waals surface area contributed by atoms with Gasteiger partial charge in [0, 0.05) is 45.9 Å². The molecule has 0 saturated heterocycles. The average molecular weight is 584 g/mol. The fraction of sp³-hybridized carbons (Fsp3) is 0.0250. The van der Waals surface area contributed by atoms with Crippen LogP contribution in [0.1, 0.15) is 11.4 Å². The second-order valence-electron chi connectivity index (χ2n) is 11.2. The highest BCUT2D eigenvalue weighted by molar-refractivity contribution is 6.02. The minimum atomic E-state index is 0.832. The number of fused-ring (bicyclic) bond motifs is 6. The summed E-state index contributed by atoms with van der Waals surface area (Å²) in [4.78, 5) is 13.0. The van der Waals surface area contributed by atoms with Crippen molar-refractivity contribution in [3.63, 3.8) is 0 Å². The summed E-state index contributed by atoms with van der Waals surface area (Å²) < 4.78 is 5.43. The molecule has 4 heterocycles. The molecule has 45 heavy (non-hydrogen) atoms. The molecule has 0 amide bonds. The number of benzene rings is 4. The van der Waals surface area contributed by atoms with Crippen LogP contribution in [0.15, 0.2) is 133 Å². The molecule has 0 radical (unpaired) electrons. The van der Waals surface area contributed by atoms with Crippen molar-refractivity contribution in [3.8, 4) is 39.1 Å². The molecule has 4 N–H and O–H groups in total. The largest absolute Gasteiger partial charge is 0.497 e. The first kappa shape index (κ1) is 26.7. The zero-order valence-corrected chi connectivity index (χ0v) is 24.8. The summed E-state index contributed by atoms with van der Waals surface area (Å²) >= 11 is 0. The van der Waals surface area contributed by atoms with Crippen molar-refractivity contribution < 1.29 is 10.1 Å². The summed E-state index contributed by atoms with van der Waals surface area (Å²) in [7, 11) is 1.69. The Morgan fingerprint density at radius 3 is 1.67 bits per heavy atom. The van der Waals surface area contributed by atoms with Crippen molar-refractivity contribution in [2.24, 2.45) is 0 Å². The number of ether oxygens (including phenoxy) is 1. The number of nitrogens with one attached hydrogen (secondary N) is 2. The second kappa shape index (κ2) is 11.3. The number of quaternary nitrogens is 1. The van der Waals surface area contributed by atoms with Gasteiger partial charge in [-0.25, -0.2) is 4.98 Å². The van der Waals surface area contributed by atoms with Crippen molar-refractivity contribution in [2.45, 2.75) is 0 Å². The summed E-state index contributed by atoms with van der Waals surface area (Å²) in [5, 5.41) is 2.23. The molecule has 0 saturated carbocycles. The number of hydrogen-bond acceptors (Lipinski definition) is 2. The number of rotatable bonds is 6. The summed E-state index contributed by atoms with van der Waals surface area (Å²) in [6, 6.07) is 46.4. The zero-order chi connectivity index (χ0) is 30.2. The van der Waals surface area contributed by atoms with Gasteiger partial charge in [0.05, 0.1) is 24.0 Å². The first-order valence-electron chi connectivity index (χ1n) is 15.1. The van der Waals surface area contributed by atoms with Crippen LogP contribution in [0.25, 0.3) is 67.6 Å². The maximum absolute atomic E-state index is 5.43. The third kappa shape index (κ3) is 4.95. The van der Waals surface area contributed by atoms with Crippen LogP contribution >= 0.6 is 0 Å². The van der Waals surface area contributed by atoms with E-state index in [0.717, 1.165) is 84.0 Å². The van der Waals surface area contributed by atoms with Gasteiger partial charge in [0.25, 0.3) is 0 Å². The van der Waals surface area contributed by atoms with Gasteiger partial charge in [-0.15, -0.1) is 0 Å². The van der Waals surface area contributed by atoms with Gasteiger partial charge in [0.1, 0.15) is 17.0 Å². The standard InChI is InChI=1S/C40H30N4O/c1-45-30-19-17-29(18-20-30)41-36-25-35-38(27-13-7-3-8-14-27)33-22-21-31(42-33)37(26-11-5-2-6-12-26)32-23-24-34(43-32)39(40(36)44-35)28-15-9-4-10-16-28/h2-25,41-42,44H,1H3/p+1. The smallest absolute Gasteiger partial charge is 0.161 e. The van der Waals surface area contributed by atoms with Gasteiger partial charge in [0.15, 0.2) is 5.69 Å². The lowest BCUT2D eigenvalue weighted by molar-refractivity contribution is -0.476. The quantitative estimate of drug-likeness (QED) is 0.171. The number of H-pyrrole nitrogens is 2. The minimum Gasteiger partial charge on any atom is -0.497 e. The molecule has 6 bridgehead atoms. The molecule has 216 valence electrons. The monoisotopic (exact) mass is 583 g/mol. The Labute approximate surface area is 261 Å². The molecule has 3 aromatic heterocycles. The van der Waals surface area contributed by atoms with Crippen LogP contribution in [0.4, 0.5) is 11.4 Å². The predicted octanol–water partition coefficient (Wildman–Crippen LogP) is 9.19. The maximum atomic E-state index is 5.43. The number of hydrogen-bond donors (Lipinski definition) is 3. The fourth-order valence-corrected chi connectivity index (χ4v) is 6.27. The van der Waals surface area contributed by atoms with E-state index < -0.39 is 0 Å². The van der Waals surface area contributed by atoms with E-state index in [0.29, 0.717) is 0 Å². The van der Waals surface area contributed by atoms with Gasteiger partial charge in [-0.05, 0) is 53.1 Å². The molecule has 1 aliphatic rings. The highest BCUT2D eigenvalue weighted by Crippen LogP contribution is 2.39. The van der Waals surface area contributed by atoms with Gasteiger partial charge in [-0.1, -0.05) is 91.0 Å². The second-order valence-corrected chi connectivity index (χ2v) is 11.2. The highest BCUT2D eigenvalue weighted by atomic mass is 16.5. The Kier molecular flexibility index (Phi) is 6.71. The Bertz CT molecular complexity index is 2250. The molecule has 4 aromatic carbocycles. The zero-order valence-electron chi connectivity index (χ0n) is 24.8. The summed E-state index contributed by atoms with van der Waals surface area (Å²) in [5.41, 5.74) is 14.6. The SMILES string of the molecule is COc1ccc([NH2+]c2cc3[nH]c2c(-c2ccccc2)c2nc(c(-c4ccccc4)c4ccc([nH]4)c3-c3ccccc3)C=C2)cc1. The van der Waals surface area contributed by atoms with Gasteiger partial charge in [-0.3, -0.25) is 5.32 Å². The van der Waals surface area contributed by atoms with Crippen molar-refractivity contribution in [1.82, 2.24) is 15.0 Å². The number of nitrogens with two attached hydrogens (primary N) is 1. The molecule has 5 heteroatoms. The van der Waals surface area contributed by atoms with Crippen molar-refractivity contribution in [3.05, 3.63) is 145 Å². The van der Waals surface area contributed by atoms with Crippen LogP contribution in [-0.4, -0.2) is 22.1 Å². The van der Waals surface area contributed by atoms with Crippen LogP contribution in [0.3, 0.4) is 0 Å². The van der Waals surface area contributed by atoms with Crippen LogP contribution < -0.4 is 10.1 Å². The average Bonchev–Trinajstić information content (AvgIpc) is 3.86. The van der Waals surface area contributed by atoms with Crippen LogP contribution in [0, 0.1) is 0 Å². The fourth-order valence-electron chi connectivity index (χ4n) is 6.27. The van der Waals surface area contributed by atoms with Crippen molar-refractivity contribution in [1.29, 1.82) is 0 Å². The molecule has 1 aliphatic heterocycles. The van der Waals surface area contributed by atoms with E-state index in [1.165, 1.54) is 0 Å². The molecule has 0 atom stereocenters. The Balaban J connectivity index is 1.53. The lowest BCUT2D eigenvalue weighted by atomic mass is 10.0. The number of nitrogens with zero attached hydrogens (tertiary/aromatic N) is 1. The number of aromatic nitrogens is 3. The molecule has 7 aromatic rings. The summed E-state index contributed by atoms with van der Waals surface area (Å²) in [6.45, 7) is 0. The highest BCUT2D eigenvalue weighted by Gasteiger charge is 2.21. The third-order valence-electron chi connectivity index (χ3n) is 8.37. The molecular weight excluding hydrogens is 552 g/mol. The first-order chi connectivity index (χ1) is 22.2. The Morgan fingerprint density at radius 1 is 0.533 bits per heavy atom. The molecule has 0 unspecified atom stereocenters. The van der Waals surface area contributed by atoms with Gasteiger partial charge < -0.3 is 14.7 Å². The van der Waals surface area contributed by atoms with Crippen molar-refractivity contribution >= 4 is 45.6 Å². The summed E-state index contributed by atoms with van der Waals surface area (Å²) in [6.07, 6.45) is 4.28. The molecule has 0 fully saturated rings. The molecule has 5 nitrogen and oxygen atoms in total. The normalized spacial score (nSPS) is 11.7. The molecular formula is C40H31N4O+. The van der Waals surface area contributed by atoms with Gasteiger partial charge in [-0.2, -0.15) is 0 Å². The molecule has 8 rings (SSSR count). The Morgan fingerprint density at radius 2 is 1.07 bits per heavy atom. The van der Waals surface area contributed by atoms with E-state index in [2.05, 4.69) is 149 Å². The maximum Gasteiger partial charge on any atom is 0.161 e. The molecule has 0 spiro atoms. The minimum absolute atomic E-state index is 0.832. The number of methoxy groups -OCH3 is 1. The molecule has 0 aliphatic carbocycles. The van der Waals surface area contributed by atoms with Crippen LogP contribution in [0.2, 0.25) is 0 Å². The first-order valence-corrected chi connectivity index (χ1v) is 15.1. The van der Waals surface area contributed by atoms with Gasteiger partial charge in [0.2, 0.25) is 0 Å². The third-order valence-corrected chi connectivity index (χ3v) is 8.37. The van der Waals surface area contributed by atoms with E-state index in [-0.39, 0.29) is 0 Å². The van der Waals surface area contributed by atoms with E-state index in [9.17, 15) is 0 Å². The number of aromatic amines is 2. The lowest BCUT2D eigenvalue weighted by Gasteiger charge is -2.07. The summed E-state index contributed by atoms with van der Waals surface area (Å²) in [5.74, 6) is 0.832. The van der Waals surface area contributed by atoms with E-state index in [4.69, 9.17) is 9.72 Å². The lowest BCUT2D eigenvalue weighted by Crippen LogP contribution is -2.70.